The van der Waals surface area contributed by atoms with Gasteiger partial charge in [-0.05, 0) is 32.9 Å². The number of rotatable bonds is 3. The lowest BCUT2D eigenvalue weighted by atomic mass is 10.1. The van der Waals surface area contributed by atoms with Crippen LogP contribution in [0.3, 0.4) is 0 Å². The van der Waals surface area contributed by atoms with Crippen LogP contribution >= 0.6 is 0 Å². The zero-order valence-corrected chi connectivity index (χ0v) is 10.7. The van der Waals surface area contributed by atoms with Crippen LogP contribution in [0.25, 0.3) is 0 Å². The Kier molecular flexibility index (Phi) is 3.90. The molecule has 0 aliphatic carbocycles. The van der Waals surface area contributed by atoms with Gasteiger partial charge >= 0.3 is 6.09 Å². The van der Waals surface area contributed by atoms with Gasteiger partial charge < -0.3 is 10.8 Å². The van der Waals surface area contributed by atoms with E-state index >= 15 is 0 Å². The van der Waals surface area contributed by atoms with E-state index < -0.39 is 17.5 Å². The highest BCUT2D eigenvalue weighted by molar-refractivity contribution is 5.92. The van der Waals surface area contributed by atoms with E-state index in [1.807, 2.05) is 0 Å². The third kappa shape index (κ3) is 3.44. The molecule has 2 amide bonds. The average molecular weight is 251 g/mol. The summed E-state index contributed by atoms with van der Waals surface area (Å²) in [4.78, 5) is 27.5. The molecule has 6 nitrogen and oxygen atoms in total. The minimum absolute atomic E-state index is 0.111. The third-order valence-electron chi connectivity index (χ3n) is 2.46. The highest BCUT2D eigenvalue weighted by atomic mass is 16.4. The molecule has 0 unspecified atom stereocenters. The summed E-state index contributed by atoms with van der Waals surface area (Å²) in [6.07, 6.45) is 0.409. The zero-order chi connectivity index (χ0) is 13.9. The van der Waals surface area contributed by atoms with Crippen LogP contribution in [0.2, 0.25) is 0 Å². The van der Waals surface area contributed by atoms with Gasteiger partial charge in [0.2, 0.25) is 5.91 Å². The predicted molar refractivity (Wildman–Crippen MR) is 66.1 cm³/mol. The van der Waals surface area contributed by atoms with Crippen LogP contribution in [0.15, 0.2) is 18.3 Å². The van der Waals surface area contributed by atoms with Crippen LogP contribution in [0.4, 0.5) is 4.79 Å². The molecule has 0 aliphatic rings. The predicted octanol–water partition coefficient (Wildman–Crippen LogP) is 1.46. The van der Waals surface area contributed by atoms with E-state index in [0.717, 1.165) is 0 Å². The second-order valence-electron chi connectivity index (χ2n) is 4.94. The number of nitrogens with two attached hydrogens (primary N) is 1. The molecule has 98 valence electrons. The Morgan fingerprint density at radius 3 is 2.50 bits per heavy atom. The Morgan fingerprint density at radius 2 is 2.06 bits per heavy atom. The molecule has 6 heteroatoms. The van der Waals surface area contributed by atoms with Crippen molar-refractivity contribution in [3.8, 4) is 0 Å². The highest BCUT2D eigenvalue weighted by Gasteiger charge is 2.26. The smallest absolute Gasteiger partial charge is 0.408 e. The van der Waals surface area contributed by atoms with Crippen molar-refractivity contribution in [3.63, 3.8) is 0 Å². The molecule has 0 saturated heterocycles. The van der Waals surface area contributed by atoms with Crippen molar-refractivity contribution in [2.75, 3.05) is 0 Å². The third-order valence-corrected chi connectivity index (χ3v) is 2.46. The molecule has 0 atom stereocenters. The molecule has 1 aromatic heterocycles. The lowest BCUT2D eigenvalue weighted by Crippen LogP contribution is -2.44. The standard InChI is InChI=1S/C12H17N3O3/c1-12(2,3)15(11(17)18)7-9-6-8(10(13)16)4-5-14-9/h4-6H,7H2,1-3H3,(H2,13,16)(H,17,18). The first kappa shape index (κ1) is 14.0. The number of amides is 2. The molecule has 0 saturated carbocycles. The number of nitrogens with zero attached hydrogens (tertiary/aromatic N) is 2. The van der Waals surface area contributed by atoms with Crippen LogP contribution in [0.1, 0.15) is 36.8 Å². The summed E-state index contributed by atoms with van der Waals surface area (Å²) in [7, 11) is 0. The van der Waals surface area contributed by atoms with Gasteiger partial charge in [-0.25, -0.2) is 4.79 Å². The fourth-order valence-corrected chi connectivity index (χ4v) is 1.47. The fourth-order valence-electron chi connectivity index (χ4n) is 1.47. The number of carbonyl (C=O) groups is 2. The second-order valence-corrected chi connectivity index (χ2v) is 4.94. The first-order chi connectivity index (χ1) is 8.21. The quantitative estimate of drug-likeness (QED) is 0.849. The minimum Gasteiger partial charge on any atom is -0.465 e. The summed E-state index contributed by atoms with van der Waals surface area (Å²) in [5, 5.41) is 9.16. The van der Waals surface area contributed by atoms with Crippen LogP contribution in [0, 0.1) is 0 Å². The average Bonchev–Trinajstić information content (AvgIpc) is 2.24. The largest absolute Gasteiger partial charge is 0.465 e. The van der Waals surface area contributed by atoms with E-state index in [0.29, 0.717) is 11.3 Å². The van der Waals surface area contributed by atoms with Crippen LogP contribution < -0.4 is 5.73 Å². The van der Waals surface area contributed by atoms with Gasteiger partial charge in [0.15, 0.2) is 0 Å². The summed E-state index contributed by atoms with van der Waals surface area (Å²) in [5.74, 6) is -0.559. The summed E-state index contributed by atoms with van der Waals surface area (Å²) < 4.78 is 0. The van der Waals surface area contributed by atoms with Gasteiger partial charge in [0.1, 0.15) is 0 Å². The Bertz CT molecular complexity index is 466. The number of pyridine rings is 1. The van der Waals surface area contributed by atoms with Gasteiger partial charge in [0.25, 0.3) is 0 Å². The van der Waals surface area contributed by atoms with Gasteiger partial charge in [-0.1, -0.05) is 0 Å². The molecular weight excluding hydrogens is 234 g/mol. The Labute approximate surface area is 105 Å². The number of aromatic nitrogens is 1. The Morgan fingerprint density at radius 1 is 1.44 bits per heavy atom. The summed E-state index contributed by atoms with van der Waals surface area (Å²) in [6, 6.07) is 3.00. The SMILES string of the molecule is CC(C)(C)N(Cc1cc(C(N)=O)ccn1)C(=O)O. The van der Waals surface area contributed by atoms with Gasteiger partial charge in [0, 0.05) is 17.3 Å². The maximum absolute atomic E-state index is 11.2. The van der Waals surface area contributed by atoms with E-state index in [2.05, 4.69) is 4.98 Å². The molecule has 0 radical (unpaired) electrons. The van der Waals surface area contributed by atoms with E-state index in [4.69, 9.17) is 10.8 Å². The fraction of sp³-hybridized carbons (Fsp3) is 0.417. The van der Waals surface area contributed by atoms with E-state index in [1.54, 1.807) is 20.8 Å². The number of carbonyl (C=O) groups excluding carboxylic acids is 1. The molecule has 3 N–H and O–H groups in total. The van der Waals surface area contributed by atoms with E-state index in [9.17, 15) is 9.59 Å². The molecule has 0 spiro atoms. The normalized spacial score (nSPS) is 11.1. The lowest BCUT2D eigenvalue weighted by Gasteiger charge is -2.32. The van der Waals surface area contributed by atoms with Crippen LogP contribution in [-0.4, -0.2) is 32.5 Å². The van der Waals surface area contributed by atoms with Crippen molar-refractivity contribution < 1.29 is 14.7 Å². The van der Waals surface area contributed by atoms with Gasteiger partial charge in [-0.2, -0.15) is 0 Å². The number of hydrogen-bond donors (Lipinski definition) is 2. The molecular formula is C12H17N3O3. The van der Waals surface area contributed by atoms with E-state index in [1.165, 1.54) is 23.2 Å². The second kappa shape index (κ2) is 5.03. The Hall–Kier alpha value is -2.11. The molecule has 18 heavy (non-hydrogen) atoms. The minimum atomic E-state index is -1.03. The molecule has 0 aromatic carbocycles. The first-order valence-electron chi connectivity index (χ1n) is 5.47. The molecule has 1 heterocycles. The van der Waals surface area contributed by atoms with Crippen molar-refractivity contribution in [3.05, 3.63) is 29.6 Å². The maximum atomic E-state index is 11.2. The summed E-state index contributed by atoms with van der Waals surface area (Å²) in [5.41, 5.74) is 5.43. The number of carboxylic acid groups (broad SMARTS) is 1. The van der Waals surface area contributed by atoms with Gasteiger partial charge in [-0.15, -0.1) is 0 Å². The highest BCUT2D eigenvalue weighted by Crippen LogP contribution is 2.17. The molecule has 0 aliphatic heterocycles. The molecule has 1 rings (SSSR count). The van der Waals surface area contributed by atoms with Crippen molar-refractivity contribution in [2.24, 2.45) is 5.73 Å². The monoisotopic (exact) mass is 251 g/mol. The summed E-state index contributed by atoms with van der Waals surface area (Å²) >= 11 is 0. The van der Waals surface area contributed by atoms with Crippen molar-refractivity contribution in [2.45, 2.75) is 32.9 Å². The van der Waals surface area contributed by atoms with Crippen molar-refractivity contribution in [1.82, 2.24) is 9.88 Å². The van der Waals surface area contributed by atoms with Gasteiger partial charge in [-0.3, -0.25) is 14.7 Å². The van der Waals surface area contributed by atoms with Crippen molar-refractivity contribution >= 4 is 12.0 Å². The van der Waals surface area contributed by atoms with Crippen LogP contribution in [0.5, 0.6) is 0 Å². The zero-order valence-electron chi connectivity index (χ0n) is 10.7. The topological polar surface area (TPSA) is 96.5 Å². The number of hydrogen-bond acceptors (Lipinski definition) is 3. The first-order valence-corrected chi connectivity index (χ1v) is 5.47. The van der Waals surface area contributed by atoms with E-state index in [-0.39, 0.29) is 6.54 Å². The maximum Gasteiger partial charge on any atom is 0.408 e. The molecule has 1 aromatic rings. The number of primary amides is 1. The lowest BCUT2D eigenvalue weighted by molar-refractivity contribution is 0.0947. The molecule has 0 bridgehead atoms. The van der Waals surface area contributed by atoms with Crippen molar-refractivity contribution in [1.29, 1.82) is 0 Å². The Balaban J connectivity index is 2.98. The summed E-state index contributed by atoms with van der Waals surface area (Å²) in [6.45, 7) is 5.48. The van der Waals surface area contributed by atoms with Crippen LogP contribution in [-0.2, 0) is 6.54 Å². The van der Waals surface area contributed by atoms with Gasteiger partial charge in [0.05, 0.1) is 12.2 Å². The molecule has 0 fully saturated rings.